The average molecular weight is 338 g/mol. The average Bonchev–Trinajstić information content (AvgIpc) is 2.80. The molecule has 2 heterocycles. The highest BCUT2D eigenvalue weighted by molar-refractivity contribution is 9.10. The SMILES string of the molecule is CN(Cc1nc2ccc(Br)cc2[nH]1)CC1CCCOC1. The summed E-state index contributed by atoms with van der Waals surface area (Å²) in [5.41, 5.74) is 2.11. The molecular formula is C15H20BrN3O. The maximum absolute atomic E-state index is 5.54. The third-order valence-electron chi connectivity index (χ3n) is 3.74. The molecule has 20 heavy (non-hydrogen) atoms. The van der Waals surface area contributed by atoms with Crippen LogP contribution in [0.4, 0.5) is 0 Å². The highest BCUT2D eigenvalue weighted by atomic mass is 79.9. The molecule has 2 aromatic rings. The summed E-state index contributed by atoms with van der Waals surface area (Å²) in [5, 5.41) is 0. The molecule has 1 fully saturated rings. The van der Waals surface area contributed by atoms with Crippen LogP contribution in [0.5, 0.6) is 0 Å². The van der Waals surface area contributed by atoms with Gasteiger partial charge in [0.05, 0.1) is 24.2 Å². The molecule has 3 rings (SSSR count). The van der Waals surface area contributed by atoms with Gasteiger partial charge in [-0.25, -0.2) is 4.98 Å². The van der Waals surface area contributed by atoms with Gasteiger partial charge in [0, 0.05) is 17.6 Å². The molecule has 1 aliphatic heterocycles. The van der Waals surface area contributed by atoms with E-state index in [-0.39, 0.29) is 0 Å². The number of H-pyrrole nitrogens is 1. The number of aromatic amines is 1. The standard InChI is InChI=1S/C15H20BrN3O/c1-19(8-11-3-2-6-20-10-11)9-15-17-13-5-4-12(16)7-14(13)18-15/h4-5,7,11H,2-3,6,8-10H2,1H3,(H,17,18). The Bertz CT molecular complexity index is 578. The van der Waals surface area contributed by atoms with Gasteiger partial charge in [0.2, 0.25) is 0 Å². The molecule has 0 saturated carbocycles. The summed E-state index contributed by atoms with van der Waals surface area (Å²) in [6, 6.07) is 6.13. The van der Waals surface area contributed by atoms with E-state index in [0.717, 1.165) is 47.6 Å². The van der Waals surface area contributed by atoms with Gasteiger partial charge in [0.25, 0.3) is 0 Å². The van der Waals surface area contributed by atoms with E-state index in [9.17, 15) is 0 Å². The Morgan fingerprint density at radius 3 is 3.20 bits per heavy atom. The highest BCUT2D eigenvalue weighted by Gasteiger charge is 2.16. The van der Waals surface area contributed by atoms with Crippen molar-refractivity contribution in [2.75, 3.05) is 26.8 Å². The van der Waals surface area contributed by atoms with Crippen LogP contribution in [0.1, 0.15) is 18.7 Å². The maximum atomic E-state index is 5.54. The van der Waals surface area contributed by atoms with E-state index in [4.69, 9.17) is 4.74 Å². The van der Waals surface area contributed by atoms with E-state index in [2.05, 4.69) is 43.9 Å². The second-order valence-corrected chi connectivity index (χ2v) is 6.54. The van der Waals surface area contributed by atoms with Crippen molar-refractivity contribution in [1.29, 1.82) is 0 Å². The topological polar surface area (TPSA) is 41.2 Å². The molecule has 1 atom stereocenters. The van der Waals surface area contributed by atoms with Gasteiger partial charge in [-0.15, -0.1) is 0 Å². The summed E-state index contributed by atoms with van der Waals surface area (Å²) in [5.74, 6) is 1.68. The molecule has 1 aromatic heterocycles. The Balaban J connectivity index is 1.63. The first kappa shape index (κ1) is 14.0. The van der Waals surface area contributed by atoms with Gasteiger partial charge in [0.1, 0.15) is 5.82 Å². The van der Waals surface area contributed by atoms with E-state index in [0.29, 0.717) is 5.92 Å². The largest absolute Gasteiger partial charge is 0.381 e. The van der Waals surface area contributed by atoms with Crippen LogP contribution in [0, 0.1) is 5.92 Å². The molecule has 0 spiro atoms. The predicted molar refractivity (Wildman–Crippen MR) is 83.7 cm³/mol. The minimum Gasteiger partial charge on any atom is -0.381 e. The number of benzene rings is 1. The molecule has 5 heteroatoms. The second kappa shape index (κ2) is 6.24. The molecule has 108 valence electrons. The van der Waals surface area contributed by atoms with Crippen molar-refractivity contribution in [2.45, 2.75) is 19.4 Å². The number of hydrogen-bond acceptors (Lipinski definition) is 3. The van der Waals surface area contributed by atoms with Gasteiger partial charge in [-0.05, 0) is 44.0 Å². The summed E-state index contributed by atoms with van der Waals surface area (Å²) in [6.45, 7) is 3.75. The number of ether oxygens (including phenoxy) is 1. The number of hydrogen-bond donors (Lipinski definition) is 1. The fourth-order valence-electron chi connectivity index (χ4n) is 2.82. The molecule has 0 amide bonds. The van der Waals surface area contributed by atoms with Crippen molar-refractivity contribution in [3.8, 4) is 0 Å². The molecule has 0 bridgehead atoms. The van der Waals surface area contributed by atoms with Gasteiger partial charge in [0.15, 0.2) is 0 Å². The monoisotopic (exact) mass is 337 g/mol. The van der Waals surface area contributed by atoms with Gasteiger partial charge in [-0.2, -0.15) is 0 Å². The van der Waals surface area contributed by atoms with Crippen LogP contribution in [0.2, 0.25) is 0 Å². The molecule has 1 N–H and O–H groups in total. The van der Waals surface area contributed by atoms with Crippen molar-refractivity contribution in [3.05, 3.63) is 28.5 Å². The van der Waals surface area contributed by atoms with Crippen molar-refractivity contribution < 1.29 is 4.74 Å². The van der Waals surface area contributed by atoms with Crippen LogP contribution in [-0.4, -0.2) is 41.7 Å². The van der Waals surface area contributed by atoms with Gasteiger partial charge < -0.3 is 9.72 Å². The summed E-state index contributed by atoms with van der Waals surface area (Å²) >= 11 is 3.49. The fraction of sp³-hybridized carbons (Fsp3) is 0.533. The molecule has 1 aromatic carbocycles. The highest BCUT2D eigenvalue weighted by Crippen LogP contribution is 2.19. The number of halogens is 1. The van der Waals surface area contributed by atoms with Crippen LogP contribution in [-0.2, 0) is 11.3 Å². The number of imidazole rings is 1. The molecule has 0 aliphatic carbocycles. The maximum Gasteiger partial charge on any atom is 0.121 e. The molecule has 0 radical (unpaired) electrons. The van der Waals surface area contributed by atoms with Crippen molar-refractivity contribution in [2.24, 2.45) is 5.92 Å². The quantitative estimate of drug-likeness (QED) is 0.931. The summed E-state index contributed by atoms with van der Waals surface area (Å²) in [7, 11) is 2.15. The number of fused-ring (bicyclic) bond motifs is 1. The number of rotatable bonds is 4. The zero-order valence-corrected chi connectivity index (χ0v) is 13.3. The van der Waals surface area contributed by atoms with Crippen molar-refractivity contribution in [1.82, 2.24) is 14.9 Å². The second-order valence-electron chi connectivity index (χ2n) is 5.62. The molecular weight excluding hydrogens is 318 g/mol. The van der Waals surface area contributed by atoms with Crippen molar-refractivity contribution in [3.63, 3.8) is 0 Å². The lowest BCUT2D eigenvalue weighted by molar-refractivity contribution is 0.0409. The van der Waals surface area contributed by atoms with E-state index in [1.807, 2.05) is 12.1 Å². The third kappa shape index (κ3) is 3.40. The van der Waals surface area contributed by atoms with Crippen LogP contribution in [0.3, 0.4) is 0 Å². The Kier molecular flexibility index (Phi) is 4.38. The lowest BCUT2D eigenvalue weighted by atomic mass is 10.0. The van der Waals surface area contributed by atoms with E-state index in [1.165, 1.54) is 12.8 Å². The van der Waals surface area contributed by atoms with Crippen LogP contribution < -0.4 is 0 Å². The first-order valence-electron chi connectivity index (χ1n) is 7.11. The Morgan fingerprint density at radius 1 is 1.50 bits per heavy atom. The number of aromatic nitrogens is 2. The predicted octanol–water partition coefficient (Wildman–Crippen LogP) is 3.18. The normalized spacial score (nSPS) is 19.9. The van der Waals surface area contributed by atoms with Gasteiger partial charge in [-0.1, -0.05) is 15.9 Å². The fourth-order valence-corrected chi connectivity index (χ4v) is 3.18. The Morgan fingerprint density at radius 2 is 2.40 bits per heavy atom. The first-order chi connectivity index (χ1) is 9.70. The number of nitrogens with one attached hydrogen (secondary N) is 1. The minimum atomic E-state index is 0.660. The van der Waals surface area contributed by atoms with Crippen LogP contribution >= 0.6 is 15.9 Å². The van der Waals surface area contributed by atoms with Crippen LogP contribution in [0.15, 0.2) is 22.7 Å². The zero-order valence-electron chi connectivity index (χ0n) is 11.7. The molecule has 1 aliphatic rings. The molecule has 1 unspecified atom stereocenters. The Hall–Kier alpha value is -0.910. The first-order valence-corrected chi connectivity index (χ1v) is 7.90. The van der Waals surface area contributed by atoms with Gasteiger partial charge >= 0.3 is 0 Å². The molecule has 1 saturated heterocycles. The smallest absolute Gasteiger partial charge is 0.121 e. The van der Waals surface area contributed by atoms with E-state index < -0.39 is 0 Å². The van der Waals surface area contributed by atoms with E-state index >= 15 is 0 Å². The van der Waals surface area contributed by atoms with Crippen molar-refractivity contribution >= 4 is 27.0 Å². The van der Waals surface area contributed by atoms with Crippen LogP contribution in [0.25, 0.3) is 11.0 Å². The summed E-state index contributed by atoms with van der Waals surface area (Å²) < 4.78 is 6.62. The minimum absolute atomic E-state index is 0.660. The van der Waals surface area contributed by atoms with Gasteiger partial charge in [-0.3, -0.25) is 4.90 Å². The van der Waals surface area contributed by atoms with E-state index in [1.54, 1.807) is 0 Å². The summed E-state index contributed by atoms with van der Waals surface area (Å²) in [4.78, 5) is 10.4. The zero-order chi connectivity index (χ0) is 13.9. The molecule has 4 nitrogen and oxygen atoms in total. The Labute approximate surface area is 127 Å². The number of nitrogens with zero attached hydrogens (tertiary/aromatic N) is 2. The lowest BCUT2D eigenvalue weighted by Gasteiger charge is -2.26. The summed E-state index contributed by atoms with van der Waals surface area (Å²) in [6.07, 6.45) is 2.47. The lowest BCUT2D eigenvalue weighted by Crippen LogP contribution is -2.30. The third-order valence-corrected chi connectivity index (χ3v) is 4.23.